The molecule has 0 amide bonds. The van der Waals surface area contributed by atoms with Crippen molar-refractivity contribution in [3.8, 4) is 0 Å². The van der Waals surface area contributed by atoms with Crippen molar-refractivity contribution >= 4 is 21.6 Å². The summed E-state index contributed by atoms with van der Waals surface area (Å²) in [6, 6.07) is 8.90. The molecule has 0 bridgehead atoms. The summed E-state index contributed by atoms with van der Waals surface area (Å²) in [5, 5.41) is 3.59. The maximum absolute atomic E-state index is 3.59. The lowest BCUT2D eigenvalue weighted by Gasteiger charge is -2.31. The first kappa shape index (κ1) is 11.0. The van der Waals surface area contributed by atoms with Crippen molar-refractivity contribution in [3.63, 3.8) is 0 Å². The van der Waals surface area contributed by atoms with Crippen molar-refractivity contribution in [3.05, 3.63) is 28.7 Å². The Labute approximate surface area is 99.8 Å². The minimum absolute atomic E-state index is 0.586. The number of hydrogen-bond acceptors (Lipinski definition) is 2. The average molecular weight is 269 g/mol. The molecule has 0 spiro atoms. The number of halogens is 1. The number of nitrogens with zero attached hydrogens (tertiary/aromatic N) is 1. The number of nitrogens with one attached hydrogen (secondary N) is 1. The molecule has 1 atom stereocenters. The van der Waals surface area contributed by atoms with E-state index in [0.29, 0.717) is 6.04 Å². The van der Waals surface area contributed by atoms with E-state index in [-0.39, 0.29) is 0 Å². The molecule has 1 aliphatic rings. The standard InChI is InChI=1S/C12H17BrN2/c1-15-8-4-5-10(9-15)14-12-7-3-2-6-11(12)13/h2-3,6-7,10,14H,4-5,8-9H2,1H3. The van der Waals surface area contributed by atoms with Crippen LogP contribution in [0.3, 0.4) is 0 Å². The maximum atomic E-state index is 3.59. The van der Waals surface area contributed by atoms with Crippen molar-refractivity contribution in [2.45, 2.75) is 18.9 Å². The Balaban J connectivity index is 1.99. The van der Waals surface area contributed by atoms with E-state index in [9.17, 15) is 0 Å². The zero-order valence-electron chi connectivity index (χ0n) is 9.04. The van der Waals surface area contributed by atoms with E-state index in [1.807, 2.05) is 6.07 Å². The molecule has 1 heterocycles. The number of benzene rings is 1. The van der Waals surface area contributed by atoms with Crippen LogP contribution in [-0.2, 0) is 0 Å². The van der Waals surface area contributed by atoms with Crippen LogP contribution in [0.1, 0.15) is 12.8 Å². The van der Waals surface area contributed by atoms with Crippen LogP contribution in [0.5, 0.6) is 0 Å². The van der Waals surface area contributed by atoms with Crippen LogP contribution < -0.4 is 5.32 Å². The van der Waals surface area contributed by atoms with Gasteiger partial charge in [-0.2, -0.15) is 0 Å². The molecule has 2 nitrogen and oxygen atoms in total. The van der Waals surface area contributed by atoms with Gasteiger partial charge >= 0.3 is 0 Å². The Hall–Kier alpha value is -0.540. The zero-order valence-corrected chi connectivity index (χ0v) is 10.6. The van der Waals surface area contributed by atoms with Crippen LogP contribution in [0.2, 0.25) is 0 Å². The van der Waals surface area contributed by atoms with Crippen LogP contribution in [0.15, 0.2) is 28.7 Å². The third-order valence-corrected chi connectivity index (χ3v) is 3.55. The summed E-state index contributed by atoms with van der Waals surface area (Å²) in [5.74, 6) is 0. The normalized spacial score (nSPS) is 22.7. The lowest BCUT2D eigenvalue weighted by atomic mass is 10.1. The molecular weight excluding hydrogens is 252 g/mol. The van der Waals surface area contributed by atoms with Gasteiger partial charge in [0.05, 0.1) is 0 Å². The molecule has 1 aromatic rings. The van der Waals surface area contributed by atoms with Gasteiger partial charge in [0.2, 0.25) is 0 Å². The number of anilines is 1. The third kappa shape index (κ3) is 2.95. The highest BCUT2D eigenvalue weighted by Gasteiger charge is 2.17. The molecule has 0 saturated carbocycles. The second-order valence-electron chi connectivity index (χ2n) is 4.23. The quantitative estimate of drug-likeness (QED) is 0.888. The fourth-order valence-corrected chi connectivity index (χ4v) is 2.48. The molecule has 82 valence electrons. The molecule has 1 unspecified atom stereocenters. The van der Waals surface area contributed by atoms with Gasteiger partial charge in [0.1, 0.15) is 0 Å². The van der Waals surface area contributed by atoms with Gasteiger partial charge in [-0.3, -0.25) is 0 Å². The zero-order chi connectivity index (χ0) is 10.7. The van der Waals surface area contributed by atoms with Crippen molar-refractivity contribution in [2.75, 3.05) is 25.5 Å². The van der Waals surface area contributed by atoms with Crippen molar-refractivity contribution in [2.24, 2.45) is 0 Å². The van der Waals surface area contributed by atoms with Crippen LogP contribution in [0.4, 0.5) is 5.69 Å². The van der Waals surface area contributed by atoms with Gasteiger partial charge in [-0.1, -0.05) is 12.1 Å². The van der Waals surface area contributed by atoms with E-state index in [1.165, 1.54) is 25.1 Å². The molecule has 15 heavy (non-hydrogen) atoms. The van der Waals surface area contributed by atoms with Gasteiger partial charge in [-0.15, -0.1) is 0 Å². The number of piperidine rings is 1. The summed E-state index contributed by atoms with van der Waals surface area (Å²) in [5.41, 5.74) is 1.21. The van der Waals surface area contributed by atoms with E-state index >= 15 is 0 Å². The van der Waals surface area contributed by atoms with Crippen LogP contribution in [-0.4, -0.2) is 31.1 Å². The van der Waals surface area contributed by atoms with Crippen LogP contribution in [0.25, 0.3) is 0 Å². The topological polar surface area (TPSA) is 15.3 Å². The van der Waals surface area contributed by atoms with Crippen molar-refractivity contribution in [1.82, 2.24) is 4.90 Å². The minimum Gasteiger partial charge on any atom is -0.380 e. The van der Waals surface area contributed by atoms with Crippen LogP contribution in [0, 0.1) is 0 Å². The van der Waals surface area contributed by atoms with E-state index in [0.717, 1.165) is 11.0 Å². The summed E-state index contributed by atoms with van der Waals surface area (Å²) in [6.45, 7) is 2.37. The van der Waals surface area contributed by atoms with Crippen LogP contribution >= 0.6 is 15.9 Å². The van der Waals surface area contributed by atoms with E-state index < -0.39 is 0 Å². The summed E-state index contributed by atoms with van der Waals surface area (Å²) in [6.07, 6.45) is 2.56. The van der Waals surface area contributed by atoms with Gasteiger partial charge in [0, 0.05) is 22.7 Å². The van der Waals surface area contributed by atoms with Gasteiger partial charge in [-0.25, -0.2) is 0 Å². The summed E-state index contributed by atoms with van der Waals surface area (Å²) < 4.78 is 1.15. The van der Waals surface area contributed by atoms with Gasteiger partial charge < -0.3 is 10.2 Å². The smallest absolute Gasteiger partial charge is 0.0487 e. The number of para-hydroxylation sites is 1. The minimum atomic E-state index is 0.586. The van der Waals surface area contributed by atoms with Crippen molar-refractivity contribution < 1.29 is 0 Å². The first-order valence-corrected chi connectivity index (χ1v) is 6.24. The fraction of sp³-hybridized carbons (Fsp3) is 0.500. The molecule has 0 aromatic heterocycles. The van der Waals surface area contributed by atoms with Gasteiger partial charge in [0.15, 0.2) is 0 Å². The van der Waals surface area contributed by atoms with Gasteiger partial charge in [0.25, 0.3) is 0 Å². The van der Waals surface area contributed by atoms with E-state index in [1.54, 1.807) is 0 Å². The fourth-order valence-electron chi connectivity index (χ4n) is 2.08. The first-order valence-electron chi connectivity index (χ1n) is 5.45. The summed E-state index contributed by atoms with van der Waals surface area (Å²) >= 11 is 3.56. The highest BCUT2D eigenvalue weighted by molar-refractivity contribution is 9.10. The second kappa shape index (κ2) is 4.99. The Morgan fingerprint density at radius 1 is 1.40 bits per heavy atom. The Bertz CT molecular complexity index is 327. The van der Waals surface area contributed by atoms with E-state index in [4.69, 9.17) is 0 Å². The Morgan fingerprint density at radius 3 is 2.93 bits per heavy atom. The lowest BCUT2D eigenvalue weighted by Crippen LogP contribution is -2.39. The number of rotatable bonds is 2. The number of likely N-dealkylation sites (N-methyl/N-ethyl adjacent to an activating group) is 1. The molecule has 1 N–H and O–H groups in total. The molecule has 3 heteroatoms. The first-order chi connectivity index (χ1) is 7.25. The molecule has 0 aliphatic carbocycles. The molecular formula is C12H17BrN2. The predicted octanol–water partition coefficient (Wildman–Crippen LogP) is 2.96. The number of hydrogen-bond donors (Lipinski definition) is 1. The molecule has 2 rings (SSSR count). The molecule has 1 aliphatic heterocycles. The largest absolute Gasteiger partial charge is 0.380 e. The van der Waals surface area contributed by atoms with Crippen molar-refractivity contribution in [1.29, 1.82) is 0 Å². The van der Waals surface area contributed by atoms with E-state index in [2.05, 4.69) is 51.4 Å². The summed E-state index contributed by atoms with van der Waals surface area (Å²) in [4.78, 5) is 2.39. The highest BCUT2D eigenvalue weighted by atomic mass is 79.9. The molecule has 1 aromatic carbocycles. The Kier molecular flexibility index (Phi) is 3.65. The molecule has 1 saturated heterocycles. The second-order valence-corrected chi connectivity index (χ2v) is 5.08. The SMILES string of the molecule is CN1CCCC(Nc2ccccc2Br)C1. The Morgan fingerprint density at radius 2 is 2.20 bits per heavy atom. The maximum Gasteiger partial charge on any atom is 0.0487 e. The molecule has 0 radical (unpaired) electrons. The average Bonchev–Trinajstić information content (AvgIpc) is 2.22. The van der Waals surface area contributed by atoms with Gasteiger partial charge in [-0.05, 0) is 54.5 Å². The predicted molar refractivity (Wildman–Crippen MR) is 68.3 cm³/mol. The summed E-state index contributed by atoms with van der Waals surface area (Å²) in [7, 11) is 2.19. The molecule has 1 fully saturated rings. The monoisotopic (exact) mass is 268 g/mol. The number of likely N-dealkylation sites (tertiary alicyclic amines) is 1. The third-order valence-electron chi connectivity index (χ3n) is 2.86. The lowest BCUT2D eigenvalue weighted by molar-refractivity contribution is 0.261. The highest BCUT2D eigenvalue weighted by Crippen LogP contribution is 2.23.